The monoisotopic (exact) mass is 438 g/mol. The number of amides is 1. The van der Waals surface area contributed by atoms with Gasteiger partial charge in [-0.3, -0.25) is 14.1 Å². The van der Waals surface area contributed by atoms with Crippen molar-refractivity contribution < 1.29 is 17.9 Å². The molecule has 160 valence electrons. The smallest absolute Gasteiger partial charge is 0.264 e. The molecule has 0 radical (unpaired) electrons. The van der Waals surface area contributed by atoms with Gasteiger partial charge in [-0.05, 0) is 61.0 Å². The lowest BCUT2D eigenvalue weighted by molar-refractivity contribution is -0.119. The van der Waals surface area contributed by atoms with Gasteiger partial charge in [0.05, 0.1) is 23.9 Å². The number of methoxy groups -OCH3 is 1. The number of aromatic nitrogens is 1. The van der Waals surface area contributed by atoms with Crippen LogP contribution in [0.4, 0.5) is 5.69 Å². The van der Waals surface area contributed by atoms with E-state index in [1.807, 2.05) is 6.92 Å². The van der Waals surface area contributed by atoms with E-state index in [1.165, 1.54) is 25.5 Å². The summed E-state index contributed by atoms with van der Waals surface area (Å²) in [5.74, 6) is -0.0142. The summed E-state index contributed by atoms with van der Waals surface area (Å²) in [6.07, 6.45) is 4.65. The summed E-state index contributed by atoms with van der Waals surface area (Å²) in [4.78, 5) is 16.5. The molecule has 0 fully saturated rings. The predicted octanol–water partition coefficient (Wildman–Crippen LogP) is 2.74. The number of ether oxygens (including phenoxy) is 1. The molecule has 0 spiro atoms. The number of hydrogen-bond acceptors (Lipinski definition) is 6. The van der Waals surface area contributed by atoms with Crippen LogP contribution in [-0.2, 0) is 14.8 Å². The van der Waals surface area contributed by atoms with E-state index in [1.54, 1.807) is 60.9 Å². The molecule has 9 heteroatoms. The van der Waals surface area contributed by atoms with Crippen LogP contribution in [0.15, 0.2) is 83.1 Å². The average Bonchev–Trinajstić information content (AvgIpc) is 2.78. The van der Waals surface area contributed by atoms with Crippen molar-refractivity contribution >= 4 is 27.8 Å². The topological polar surface area (TPSA) is 101 Å². The fraction of sp³-hybridized carbons (Fsp3) is 0.136. The fourth-order valence-corrected chi connectivity index (χ4v) is 4.12. The molecule has 1 aromatic heterocycles. The standard InChI is InChI=1S/C22H22N4O4S/c1-17-3-9-21(10-4-17)31(28,29)26(19-5-7-20(30-2)8-6-19)16-22(27)25-24-15-18-11-13-23-14-12-18/h3-15H,16H2,1-2H3,(H,25,27)/b24-15-. The Morgan fingerprint density at radius 2 is 1.71 bits per heavy atom. The highest BCUT2D eigenvalue weighted by atomic mass is 32.2. The van der Waals surface area contributed by atoms with Gasteiger partial charge in [0.2, 0.25) is 0 Å². The Hall–Kier alpha value is -3.72. The van der Waals surface area contributed by atoms with Gasteiger partial charge in [-0.25, -0.2) is 13.8 Å². The highest BCUT2D eigenvalue weighted by molar-refractivity contribution is 7.92. The van der Waals surface area contributed by atoms with Crippen molar-refractivity contribution in [1.82, 2.24) is 10.4 Å². The molecule has 0 saturated heterocycles. The number of hydrogen-bond donors (Lipinski definition) is 1. The fourth-order valence-electron chi connectivity index (χ4n) is 2.70. The van der Waals surface area contributed by atoms with Crippen LogP contribution in [-0.4, -0.2) is 39.2 Å². The summed E-state index contributed by atoms with van der Waals surface area (Å²) in [5, 5.41) is 3.89. The molecule has 3 rings (SSSR count). The van der Waals surface area contributed by atoms with Gasteiger partial charge >= 0.3 is 0 Å². The van der Waals surface area contributed by atoms with Crippen molar-refractivity contribution in [3.63, 3.8) is 0 Å². The number of nitrogens with one attached hydrogen (secondary N) is 1. The summed E-state index contributed by atoms with van der Waals surface area (Å²) in [6, 6.07) is 16.3. The van der Waals surface area contributed by atoms with E-state index in [0.29, 0.717) is 11.4 Å². The molecule has 8 nitrogen and oxygen atoms in total. The molecule has 2 aromatic carbocycles. The van der Waals surface area contributed by atoms with E-state index in [0.717, 1.165) is 15.4 Å². The van der Waals surface area contributed by atoms with E-state index in [9.17, 15) is 13.2 Å². The molecular formula is C22H22N4O4S. The molecule has 0 saturated carbocycles. The molecule has 31 heavy (non-hydrogen) atoms. The number of sulfonamides is 1. The third kappa shape index (κ3) is 5.67. The second kappa shape index (κ2) is 9.86. The van der Waals surface area contributed by atoms with Gasteiger partial charge < -0.3 is 4.74 Å². The summed E-state index contributed by atoms with van der Waals surface area (Å²) in [7, 11) is -2.47. The SMILES string of the molecule is COc1ccc(N(CC(=O)N/N=C\c2ccncc2)S(=O)(=O)c2ccc(C)cc2)cc1. The van der Waals surface area contributed by atoms with Crippen molar-refractivity contribution in [2.75, 3.05) is 18.0 Å². The zero-order chi connectivity index (χ0) is 22.3. The van der Waals surface area contributed by atoms with Crippen molar-refractivity contribution in [2.24, 2.45) is 5.10 Å². The van der Waals surface area contributed by atoms with Gasteiger partial charge in [0.1, 0.15) is 12.3 Å². The lowest BCUT2D eigenvalue weighted by Crippen LogP contribution is -2.39. The summed E-state index contributed by atoms with van der Waals surface area (Å²) >= 11 is 0. The van der Waals surface area contributed by atoms with Crippen molar-refractivity contribution in [2.45, 2.75) is 11.8 Å². The molecular weight excluding hydrogens is 416 g/mol. The first-order valence-corrected chi connectivity index (χ1v) is 10.8. The zero-order valence-electron chi connectivity index (χ0n) is 17.1. The van der Waals surface area contributed by atoms with Gasteiger partial charge in [-0.15, -0.1) is 0 Å². The van der Waals surface area contributed by atoms with Crippen LogP contribution in [0.2, 0.25) is 0 Å². The number of carbonyl (C=O) groups is 1. The number of rotatable bonds is 8. The Balaban J connectivity index is 1.85. The van der Waals surface area contributed by atoms with Crippen LogP contribution in [0.1, 0.15) is 11.1 Å². The second-order valence-corrected chi connectivity index (χ2v) is 8.46. The van der Waals surface area contributed by atoms with Crippen molar-refractivity contribution in [3.8, 4) is 5.75 Å². The first kappa shape index (κ1) is 22.0. The number of nitrogens with zero attached hydrogens (tertiary/aromatic N) is 3. The minimum Gasteiger partial charge on any atom is -0.497 e. The number of pyridine rings is 1. The summed E-state index contributed by atoms with van der Waals surface area (Å²) in [6.45, 7) is 1.42. The highest BCUT2D eigenvalue weighted by Crippen LogP contribution is 2.25. The van der Waals surface area contributed by atoms with E-state index >= 15 is 0 Å². The molecule has 0 unspecified atom stereocenters. The Morgan fingerprint density at radius 3 is 2.32 bits per heavy atom. The number of carbonyl (C=O) groups excluding carboxylic acids is 1. The Kier molecular flexibility index (Phi) is 6.99. The van der Waals surface area contributed by atoms with Crippen LogP contribution in [0, 0.1) is 6.92 Å². The third-order valence-corrected chi connectivity index (χ3v) is 6.15. The zero-order valence-corrected chi connectivity index (χ0v) is 17.9. The Labute approximate surface area is 181 Å². The van der Waals surface area contributed by atoms with E-state index in [-0.39, 0.29) is 4.90 Å². The maximum atomic E-state index is 13.3. The van der Waals surface area contributed by atoms with Crippen LogP contribution >= 0.6 is 0 Å². The van der Waals surface area contributed by atoms with Crippen LogP contribution < -0.4 is 14.5 Å². The maximum Gasteiger partial charge on any atom is 0.264 e. The summed E-state index contributed by atoms with van der Waals surface area (Å²) in [5.41, 5.74) is 4.37. The van der Waals surface area contributed by atoms with E-state index in [4.69, 9.17) is 4.74 Å². The quantitative estimate of drug-likeness (QED) is 0.431. The van der Waals surface area contributed by atoms with Crippen molar-refractivity contribution in [1.29, 1.82) is 0 Å². The average molecular weight is 439 g/mol. The molecule has 0 aliphatic rings. The highest BCUT2D eigenvalue weighted by Gasteiger charge is 2.27. The largest absolute Gasteiger partial charge is 0.497 e. The van der Waals surface area contributed by atoms with Gasteiger partial charge in [0.25, 0.3) is 15.9 Å². The van der Waals surface area contributed by atoms with Gasteiger partial charge in [0.15, 0.2) is 0 Å². The summed E-state index contributed by atoms with van der Waals surface area (Å²) < 4.78 is 32.8. The molecule has 0 aliphatic carbocycles. The van der Waals surface area contributed by atoms with Gasteiger partial charge in [-0.1, -0.05) is 17.7 Å². The molecule has 0 bridgehead atoms. The Bertz CT molecular complexity index is 1150. The molecule has 0 atom stereocenters. The number of aryl methyl sites for hydroxylation is 1. The minimum atomic E-state index is -3.99. The number of hydrazone groups is 1. The first-order valence-electron chi connectivity index (χ1n) is 9.35. The minimum absolute atomic E-state index is 0.0852. The Morgan fingerprint density at radius 1 is 1.06 bits per heavy atom. The van der Waals surface area contributed by atoms with E-state index in [2.05, 4.69) is 15.5 Å². The predicted molar refractivity (Wildman–Crippen MR) is 119 cm³/mol. The van der Waals surface area contributed by atoms with Crippen molar-refractivity contribution in [3.05, 3.63) is 84.2 Å². The number of anilines is 1. The van der Waals surface area contributed by atoms with Crippen LogP contribution in [0.3, 0.4) is 0 Å². The molecule has 0 aliphatic heterocycles. The normalized spacial score (nSPS) is 11.3. The van der Waals surface area contributed by atoms with Gasteiger partial charge in [-0.2, -0.15) is 5.10 Å². The third-order valence-electron chi connectivity index (χ3n) is 4.37. The van der Waals surface area contributed by atoms with Crippen LogP contribution in [0.25, 0.3) is 0 Å². The maximum absolute atomic E-state index is 13.3. The van der Waals surface area contributed by atoms with E-state index < -0.39 is 22.5 Å². The molecule has 1 N–H and O–H groups in total. The van der Waals surface area contributed by atoms with Crippen LogP contribution in [0.5, 0.6) is 5.75 Å². The second-order valence-electron chi connectivity index (χ2n) is 6.60. The molecule has 1 heterocycles. The first-order chi connectivity index (χ1) is 14.9. The molecule has 3 aromatic rings. The lowest BCUT2D eigenvalue weighted by atomic mass is 10.2. The number of benzene rings is 2. The lowest BCUT2D eigenvalue weighted by Gasteiger charge is -2.24. The molecule has 1 amide bonds. The van der Waals surface area contributed by atoms with Gasteiger partial charge in [0, 0.05) is 12.4 Å².